The predicted octanol–water partition coefficient (Wildman–Crippen LogP) is 1.87. The van der Waals surface area contributed by atoms with Crippen molar-refractivity contribution in [2.45, 2.75) is 18.4 Å². The third kappa shape index (κ3) is 5.38. The van der Waals surface area contributed by atoms with Gasteiger partial charge in [0.25, 0.3) is 0 Å². The zero-order chi connectivity index (χ0) is 20.0. The van der Waals surface area contributed by atoms with Crippen LogP contribution in [0, 0.1) is 0 Å². The summed E-state index contributed by atoms with van der Waals surface area (Å²) in [6, 6.07) is 13.4. The van der Waals surface area contributed by atoms with E-state index in [9.17, 15) is 18.0 Å². The lowest BCUT2D eigenvalue weighted by Crippen LogP contribution is -2.30. The average molecular weight is 389 g/mol. The molecule has 0 saturated heterocycles. The average Bonchev–Trinajstić information content (AvgIpc) is 2.65. The zero-order valence-electron chi connectivity index (χ0n) is 15.5. The molecule has 0 unspecified atom stereocenters. The maximum absolute atomic E-state index is 12.4. The molecule has 27 heavy (non-hydrogen) atoms. The van der Waals surface area contributed by atoms with E-state index in [0.29, 0.717) is 16.8 Å². The number of hydrogen-bond donors (Lipinski definition) is 2. The van der Waals surface area contributed by atoms with E-state index >= 15 is 0 Å². The highest BCUT2D eigenvalue weighted by molar-refractivity contribution is 7.89. The van der Waals surface area contributed by atoms with Crippen molar-refractivity contribution in [1.29, 1.82) is 0 Å². The summed E-state index contributed by atoms with van der Waals surface area (Å²) in [7, 11) is -0.665. The number of benzene rings is 2. The number of sulfonamides is 1. The Morgan fingerprint density at radius 3 is 2.41 bits per heavy atom. The molecule has 0 fully saturated rings. The summed E-state index contributed by atoms with van der Waals surface area (Å²) in [5.41, 5.74) is 1.73. The minimum Gasteiger partial charge on any atom is -0.376 e. The molecule has 2 rings (SSSR count). The fourth-order valence-corrected chi connectivity index (χ4v) is 3.50. The molecule has 144 valence electrons. The quantitative estimate of drug-likeness (QED) is 0.672. The van der Waals surface area contributed by atoms with Gasteiger partial charge in [0.15, 0.2) is 5.78 Å². The van der Waals surface area contributed by atoms with Gasteiger partial charge < -0.3 is 10.6 Å². The second-order valence-electron chi connectivity index (χ2n) is 6.16. The molecule has 0 aliphatic carbocycles. The van der Waals surface area contributed by atoms with Crippen LogP contribution in [0.1, 0.15) is 22.8 Å². The van der Waals surface area contributed by atoms with E-state index in [1.54, 1.807) is 42.5 Å². The Kier molecular flexibility index (Phi) is 6.70. The Morgan fingerprint density at radius 1 is 1.04 bits per heavy atom. The standard InChI is InChI=1S/C19H23N3O4S/c1-14(23)15-8-6-9-17(11-15)20-13-19(24)21-12-16-7-4-5-10-18(16)27(25,26)22(2)3/h4-11,20H,12-13H2,1-3H3,(H,21,24). The van der Waals surface area contributed by atoms with Gasteiger partial charge in [-0.25, -0.2) is 12.7 Å². The first-order valence-corrected chi connectivity index (χ1v) is 9.78. The van der Waals surface area contributed by atoms with Gasteiger partial charge >= 0.3 is 0 Å². The zero-order valence-corrected chi connectivity index (χ0v) is 16.3. The molecule has 0 saturated carbocycles. The number of ketones is 1. The molecule has 0 bridgehead atoms. The van der Waals surface area contributed by atoms with E-state index in [-0.39, 0.29) is 29.7 Å². The SMILES string of the molecule is CC(=O)c1cccc(NCC(=O)NCc2ccccc2S(=O)(=O)N(C)C)c1. The number of anilines is 1. The van der Waals surface area contributed by atoms with Crippen LogP contribution < -0.4 is 10.6 Å². The van der Waals surface area contributed by atoms with Gasteiger partial charge in [-0.3, -0.25) is 9.59 Å². The molecule has 0 aliphatic rings. The lowest BCUT2D eigenvalue weighted by Gasteiger charge is -2.15. The number of amides is 1. The second-order valence-corrected chi connectivity index (χ2v) is 8.28. The van der Waals surface area contributed by atoms with Crippen LogP contribution in [0.25, 0.3) is 0 Å². The molecule has 1 amide bonds. The van der Waals surface area contributed by atoms with Crippen LogP contribution in [0.2, 0.25) is 0 Å². The molecule has 0 aliphatic heterocycles. The molecule has 0 spiro atoms. The third-order valence-electron chi connectivity index (χ3n) is 3.93. The summed E-state index contributed by atoms with van der Waals surface area (Å²) in [4.78, 5) is 23.7. The Morgan fingerprint density at radius 2 is 1.74 bits per heavy atom. The minimum atomic E-state index is -3.59. The maximum atomic E-state index is 12.4. The van der Waals surface area contributed by atoms with Crippen molar-refractivity contribution in [1.82, 2.24) is 9.62 Å². The van der Waals surface area contributed by atoms with Crippen LogP contribution in [0.5, 0.6) is 0 Å². The van der Waals surface area contributed by atoms with Gasteiger partial charge in [-0.2, -0.15) is 0 Å². The highest BCUT2D eigenvalue weighted by atomic mass is 32.2. The first-order valence-electron chi connectivity index (χ1n) is 8.34. The molecular weight excluding hydrogens is 366 g/mol. The van der Waals surface area contributed by atoms with Gasteiger partial charge in [-0.1, -0.05) is 30.3 Å². The van der Waals surface area contributed by atoms with Gasteiger partial charge in [0.2, 0.25) is 15.9 Å². The molecule has 0 aromatic heterocycles. The molecule has 2 aromatic carbocycles. The lowest BCUT2D eigenvalue weighted by molar-refractivity contribution is -0.119. The highest BCUT2D eigenvalue weighted by Gasteiger charge is 2.20. The number of carbonyl (C=O) groups excluding carboxylic acids is 2. The van der Waals surface area contributed by atoms with Gasteiger partial charge in [-0.05, 0) is 30.7 Å². The van der Waals surface area contributed by atoms with Crippen molar-refractivity contribution in [2.75, 3.05) is 26.0 Å². The van der Waals surface area contributed by atoms with Gasteiger partial charge in [0.1, 0.15) is 0 Å². The van der Waals surface area contributed by atoms with Gasteiger partial charge in [-0.15, -0.1) is 0 Å². The minimum absolute atomic E-state index is 0.00392. The fraction of sp³-hybridized carbons (Fsp3) is 0.263. The van der Waals surface area contributed by atoms with Crippen LogP contribution in [-0.2, 0) is 21.4 Å². The van der Waals surface area contributed by atoms with E-state index in [0.717, 1.165) is 4.31 Å². The van der Waals surface area contributed by atoms with E-state index in [1.165, 1.54) is 27.1 Å². The van der Waals surface area contributed by atoms with E-state index in [2.05, 4.69) is 10.6 Å². The van der Waals surface area contributed by atoms with E-state index in [4.69, 9.17) is 0 Å². The monoisotopic (exact) mass is 389 g/mol. The summed E-state index contributed by atoms with van der Waals surface area (Å²) in [6.45, 7) is 1.58. The van der Waals surface area contributed by atoms with Crippen molar-refractivity contribution >= 4 is 27.4 Å². The van der Waals surface area contributed by atoms with Gasteiger partial charge in [0, 0.05) is 31.9 Å². The van der Waals surface area contributed by atoms with Crippen LogP contribution in [0.4, 0.5) is 5.69 Å². The molecule has 0 radical (unpaired) electrons. The normalized spacial score (nSPS) is 11.3. The number of carbonyl (C=O) groups is 2. The number of Topliss-reactive ketones (excluding diaryl/α,β-unsaturated/α-hetero) is 1. The van der Waals surface area contributed by atoms with Crippen LogP contribution in [-0.4, -0.2) is 45.1 Å². The topological polar surface area (TPSA) is 95.6 Å². The van der Waals surface area contributed by atoms with E-state index < -0.39 is 10.0 Å². The molecular formula is C19H23N3O4S. The summed E-state index contributed by atoms with van der Waals surface area (Å²) >= 11 is 0. The summed E-state index contributed by atoms with van der Waals surface area (Å²) in [5, 5.41) is 5.65. The lowest BCUT2D eigenvalue weighted by atomic mass is 10.1. The third-order valence-corrected chi connectivity index (χ3v) is 5.84. The predicted molar refractivity (Wildman–Crippen MR) is 104 cm³/mol. The molecule has 0 heterocycles. The fourth-order valence-electron chi connectivity index (χ4n) is 2.39. The Bertz CT molecular complexity index is 939. The molecule has 2 N–H and O–H groups in total. The van der Waals surface area contributed by atoms with E-state index in [1.807, 2.05) is 0 Å². The maximum Gasteiger partial charge on any atom is 0.242 e. The summed E-state index contributed by atoms with van der Waals surface area (Å²) in [6.07, 6.45) is 0. The van der Waals surface area contributed by atoms with Crippen molar-refractivity contribution < 1.29 is 18.0 Å². The number of nitrogens with zero attached hydrogens (tertiary/aromatic N) is 1. The Balaban J connectivity index is 1.99. The largest absolute Gasteiger partial charge is 0.376 e. The Hall–Kier alpha value is -2.71. The van der Waals surface area contributed by atoms with Crippen molar-refractivity contribution in [2.24, 2.45) is 0 Å². The van der Waals surface area contributed by atoms with Crippen molar-refractivity contribution in [3.63, 3.8) is 0 Å². The second kappa shape index (κ2) is 8.79. The first-order chi connectivity index (χ1) is 12.7. The number of hydrogen-bond acceptors (Lipinski definition) is 5. The molecule has 7 nitrogen and oxygen atoms in total. The number of nitrogens with one attached hydrogen (secondary N) is 2. The van der Waals surface area contributed by atoms with Crippen molar-refractivity contribution in [3.05, 3.63) is 59.7 Å². The number of rotatable bonds is 8. The molecule has 2 aromatic rings. The molecule has 0 atom stereocenters. The summed E-state index contributed by atoms with van der Waals surface area (Å²) < 4.78 is 25.9. The first kappa shape index (κ1) is 20.6. The van der Waals surface area contributed by atoms with Crippen LogP contribution in [0.15, 0.2) is 53.4 Å². The van der Waals surface area contributed by atoms with Crippen molar-refractivity contribution in [3.8, 4) is 0 Å². The molecule has 8 heteroatoms. The van der Waals surface area contributed by atoms with Crippen LogP contribution >= 0.6 is 0 Å². The highest BCUT2D eigenvalue weighted by Crippen LogP contribution is 2.18. The van der Waals surface area contributed by atoms with Crippen LogP contribution in [0.3, 0.4) is 0 Å². The smallest absolute Gasteiger partial charge is 0.242 e. The van der Waals surface area contributed by atoms with Gasteiger partial charge in [0.05, 0.1) is 11.4 Å². The Labute approximate surface area is 159 Å². The summed E-state index contributed by atoms with van der Waals surface area (Å²) in [5.74, 6) is -0.345.